The number of hydrogen-bond acceptors (Lipinski definition) is 4. The summed E-state index contributed by atoms with van der Waals surface area (Å²) >= 11 is 0. The van der Waals surface area contributed by atoms with Crippen molar-refractivity contribution in [3.8, 4) is 0 Å². The van der Waals surface area contributed by atoms with Crippen LogP contribution in [0.3, 0.4) is 0 Å². The lowest BCUT2D eigenvalue weighted by molar-refractivity contribution is 0.00846. The number of carbonyl (C=O) groups excluding carboxylic acids is 1. The van der Waals surface area contributed by atoms with Gasteiger partial charge in [-0.2, -0.15) is 0 Å². The maximum absolute atomic E-state index is 12.1. The molecule has 1 aliphatic rings. The summed E-state index contributed by atoms with van der Waals surface area (Å²) in [5, 5.41) is 3.57. The molecule has 0 radical (unpaired) electrons. The molecule has 0 spiro atoms. The van der Waals surface area contributed by atoms with Crippen LogP contribution in [0.1, 0.15) is 60.8 Å². The zero-order valence-corrected chi connectivity index (χ0v) is 16.1. The fourth-order valence-corrected chi connectivity index (χ4v) is 2.99. The summed E-state index contributed by atoms with van der Waals surface area (Å²) in [7, 11) is 1.76. The van der Waals surface area contributed by atoms with Crippen molar-refractivity contribution in [3.63, 3.8) is 0 Å². The van der Waals surface area contributed by atoms with Crippen LogP contribution in [0.25, 0.3) is 0 Å². The predicted octanol–water partition coefficient (Wildman–Crippen LogP) is 3.43. The summed E-state index contributed by atoms with van der Waals surface area (Å²) in [6.45, 7) is 14.8. The molecular formula is C18H36N2O3. The van der Waals surface area contributed by atoms with Gasteiger partial charge in [-0.15, -0.1) is 0 Å². The average molecular weight is 328 g/mol. The van der Waals surface area contributed by atoms with Crippen molar-refractivity contribution in [2.24, 2.45) is 5.92 Å². The van der Waals surface area contributed by atoms with Crippen LogP contribution in [0.4, 0.5) is 4.79 Å². The van der Waals surface area contributed by atoms with E-state index in [1.165, 1.54) is 0 Å². The van der Waals surface area contributed by atoms with E-state index in [1.54, 1.807) is 7.11 Å². The minimum atomic E-state index is -0.416. The summed E-state index contributed by atoms with van der Waals surface area (Å²) in [5.41, 5.74) is -0.506. The van der Waals surface area contributed by atoms with E-state index in [2.05, 4.69) is 26.1 Å². The van der Waals surface area contributed by atoms with E-state index in [0.29, 0.717) is 12.0 Å². The van der Waals surface area contributed by atoms with E-state index in [1.807, 2.05) is 25.7 Å². The fraction of sp³-hybridized carbons (Fsp3) is 0.944. The Balaban J connectivity index is 2.24. The first-order chi connectivity index (χ1) is 10.5. The number of likely N-dealkylation sites (tertiary alicyclic amines) is 1. The Kier molecular flexibility index (Phi) is 7.33. The van der Waals surface area contributed by atoms with Gasteiger partial charge in [0, 0.05) is 26.2 Å². The zero-order valence-electron chi connectivity index (χ0n) is 16.1. The van der Waals surface area contributed by atoms with Crippen molar-refractivity contribution in [1.82, 2.24) is 10.2 Å². The van der Waals surface area contributed by atoms with Gasteiger partial charge in [-0.3, -0.25) is 0 Å². The predicted molar refractivity (Wildman–Crippen MR) is 93.7 cm³/mol. The van der Waals surface area contributed by atoms with E-state index < -0.39 is 5.60 Å². The molecule has 2 atom stereocenters. The van der Waals surface area contributed by atoms with Crippen molar-refractivity contribution in [1.29, 1.82) is 0 Å². The molecule has 0 saturated carbocycles. The molecule has 1 amide bonds. The fourth-order valence-electron chi connectivity index (χ4n) is 2.99. The van der Waals surface area contributed by atoms with E-state index in [0.717, 1.165) is 38.9 Å². The van der Waals surface area contributed by atoms with Crippen LogP contribution in [0.5, 0.6) is 0 Å². The minimum Gasteiger partial charge on any atom is -0.444 e. The van der Waals surface area contributed by atoms with Gasteiger partial charge in [0.05, 0.1) is 5.60 Å². The molecule has 0 aromatic rings. The number of nitrogens with zero attached hydrogens (tertiary/aromatic N) is 1. The lowest BCUT2D eigenvalue weighted by atomic mass is 9.99. The van der Waals surface area contributed by atoms with Gasteiger partial charge < -0.3 is 19.7 Å². The maximum atomic E-state index is 12.1. The normalized spacial score (nSPS) is 20.7. The molecule has 2 unspecified atom stereocenters. The second-order valence-corrected chi connectivity index (χ2v) is 8.39. The third kappa shape index (κ3) is 8.02. The van der Waals surface area contributed by atoms with E-state index >= 15 is 0 Å². The topological polar surface area (TPSA) is 50.8 Å². The number of ether oxygens (including phenoxy) is 2. The summed E-state index contributed by atoms with van der Waals surface area (Å²) in [6, 6.07) is 0.424. The molecule has 1 aliphatic heterocycles. The first-order valence-corrected chi connectivity index (χ1v) is 8.79. The Hall–Kier alpha value is -0.810. The smallest absolute Gasteiger partial charge is 0.410 e. The first kappa shape index (κ1) is 20.2. The van der Waals surface area contributed by atoms with Crippen LogP contribution in [0.15, 0.2) is 0 Å². The monoisotopic (exact) mass is 328 g/mol. The van der Waals surface area contributed by atoms with E-state index in [9.17, 15) is 4.79 Å². The van der Waals surface area contributed by atoms with Gasteiger partial charge in [-0.05, 0) is 73.3 Å². The van der Waals surface area contributed by atoms with Crippen LogP contribution in [0, 0.1) is 5.92 Å². The number of nitrogens with one attached hydrogen (secondary N) is 1. The Morgan fingerprint density at radius 2 is 1.96 bits per heavy atom. The van der Waals surface area contributed by atoms with Crippen molar-refractivity contribution in [3.05, 3.63) is 0 Å². The Bertz CT molecular complexity index is 377. The second kappa shape index (κ2) is 8.34. The number of carbonyl (C=O) groups is 1. The van der Waals surface area contributed by atoms with Crippen molar-refractivity contribution >= 4 is 6.09 Å². The van der Waals surface area contributed by atoms with Crippen molar-refractivity contribution in [2.75, 3.05) is 26.7 Å². The van der Waals surface area contributed by atoms with Crippen molar-refractivity contribution < 1.29 is 14.3 Å². The highest BCUT2D eigenvalue weighted by Gasteiger charge is 2.29. The van der Waals surface area contributed by atoms with Gasteiger partial charge in [0.25, 0.3) is 0 Å². The molecule has 1 fully saturated rings. The summed E-state index contributed by atoms with van der Waals surface area (Å²) in [4.78, 5) is 13.9. The van der Waals surface area contributed by atoms with Crippen LogP contribution >= 0.6 is 0 Å². The highest BCUT2D eigenvalue weighted by molar-refractivity contribution is 5.68. The van der Waals surface area contributed by atoms with E-state index in [4.69, 9.17) is 9.47 Å². The van der Waals surface area contributed by atoms with Crippen molar-refractivity contribution in [2.45, 2.75) is 78.0 Å². The molecule has 23 heavy (non-hydrogen) atoms. The van der Waals surface area contributed by atoms with Crippen LogP contribution in [-0.4, -0.2) is 55.0 Å². The number of hydrogen-bond donors (Lipinski definition) is 1. The number of methoxy groups -OCH3 is 1. The van der Waals surface area contributed by atoms with Gasteiger partial charge in [0.15, 0.2) is 0 Å². The molecule has 136 valence electrons. The molecule has 1 N–H and O–H groups in total. The Morgan fingerprint density at radius 1 is 1.30 bits per heavy atom. The molecule has 5 nitrogen and oxygen atoms in total. The van der Waals surface area contributed by atoms with Gasteiger partial charge in [-0.1, -0.05) is 0 Å². The summed E-state index contributed by atoms with van der Waals surface area (Å²) < 4.78 is 10.9. The molecule has 1 rings (SSSR count). The second-order valence-electron chi connectivity index (χ2n) is 8.39. The molecule has 1 heterocycles. The number of amides is 1. The largest absolute Gasteiger partial charge is 0.444 e. The lowest BCUT2D eigenvalue weighted by Gasteiger charge is -2.27. The Morgan fingerprint density at radius 3 is 2.52 bits per heavy atom. The molecule has 0 aliphatic carbocycles. The summed E-state index contributed by atoms with van der Waals surface area (Å²) in [6.07, 6.45) is 2.97. The molecule has 1 saturated heterocycles. The highest BCUT2D eigenvalue weighted by Crippen LogP contribution is 2.22. The van der Waals surface area contributed by atoms with Crippen LogP contribution in [-0.2, 0) is 9.47 Å². The third-order valence-electron chi connectivity index (χ3n) is 4.33. The SMILES string of the molecule is COC(C)(C)CC(C)NCCC1CCN(C(=O)OC(C)(C)C)C1. The summed E-state index contributed by atoms with van der Waals surface area (Å²) in [5.74, 6) is 0.567. The molecule has 0 bridgehead atoms. The Labute approximate surface area is 142 Å². The highest BCUT2D eigenvalue weighted by atomic mass is 16.6. The van der Waals surface area contributed by atoms with Crippen LogP contribution < -0.4 is 5.32 Å². The quantitative estimate of drug-likeness (QED) is 0.778. The van der Waals surface area contributed by atoms with Crippen LogP contribution in [0.2, 0.25) is 0 Å². The first-order valence-electron chi connectivity index (χ1n) is 8.79. The van der Waals surface area contributed by atoms with E-state index in [-0.39, 0.29) is 11.7 Å². The molecule has 0 aromatic carbocycles. The maximum Gasteiger partial charge on any atom is 0.410 e. The van der Waals surface area contributed by atoms with Gasteiger partial charge in [0.1, 0.15) is 5.60 Å². The van der Waals surface area contributed by atoms with Gasteiger partial charge >= 0.3 is 6.09 Å². The van der Waals surface area contributed by atoms with Gasteiger partial charge in [-0.25, -0.2) is 4.79 Å². The minimum absolute atomic E-state index is 0.0900. The molecule has 5 heteroatoms. The lowest BCUT2D eigenvalue weighted by Crippen LogP contribution is -2.37. The molecular weight excluding hydrogens is 292 g/mol. The van der Waals surface area contributed by atoms with Gasteiger partial charge in [0.2, 0.25) is 0 Å². The average Bonchev–Trinajstić information content (AvgIpc) is 2.85. The zero-order chi connectivity index (χ0) is 17.7. The number of rotatable bonds is 7. The third-order valence-corrected chi connectivity index (χ3v) is 4.33. The standard InChI is InChI=1S/C18H36N2O3/c1-14(12-18(5,6)22-7)19-10-8-15-9-11-20(13-15)16(21)23-17(2,3)4/h14-15,19H,8-13H2,1-7H3. The molecule has 0 aromatic heterocycles.